The van der Waals surface area contributed by atoms with Crippen LogP contribution >= 0.6 is 0 Å². The minimum absolute atomic E-state index is 0.568. The van der Waals surface area contributed by atoms with Crippen molar-refractivity contribution in [3.8, 4) is 79.4 Å². The summed E-state index contributed by atoms with van der Waals surface area (Å²) in [6, 6.07) is 72.6. The number of imidazole rings is 2. The normalized spacial score (nSPS) is 11.3. The van der Waals surface area contributed by atoms with Crippen LogP contribution in [0.2, 0.25) is 0 Å². The van der Waals surface area contributed by atoms with Gasteiger partial charge in [-0.2, -0.15) is 0 Å². The maximum Gasteiger partial charge on any atom is 0.164 e. The van der Waals surface area contributed by atoms with Gasteiger partial charge in [0.05, 0.1) is 22.1 Å². The number of benzene rings is 8. The summed E-state index contributed by atoms with van der Waals surface area (Å²) in [7, 11) is 0. The number of aromatic nitrogens is 7. The van der Waals surface area contributed by atoms with E-state index in [-0.39, 0.29) is 0 Å². The van der Waals surface area contributed by atoms with Crippen LogP contribution < -0.4 is 0 Å². The van der Waals surface area contributed by atoms with Gasteiger partial charge in [-0.25, -0.2) is 24.9 Å². The van der Waals surface area contributed by atoms with Crippen molar-refractivity contribution in [3.63, 3.8) is 0 Å². The van der Waals surface area contributed by atoms with Gasteiger partial charge in [-0.05, 0) is 59.7 Å². The van der Waals surface area contributed by atoms with E-state index in [4.69, 9.17) is 24.9 Å². The third kappa shape index (κ3) is 6.40. The van der Waals surface area contributed by atoms with Crippen LogP contribution in [0, 0.1) is 0 Å². The van der Waals surface area contributed by atoms with Crippen LogP contribution in [-0.2, 0) is 0 Å². The Morgan fingerprint density at radius 2 is 0.600 bits per heavy atom. The van der Waals surface area contributed by atoms with Crippen molar-refractivity contribution >= 4 is 22.1 Å². The monoisotopic (exact) mass is 769 g/mol. The van der Waals surface area contributed by atoms with E-state index >= 15 is 0 Å². The molecule has 0 amide bonds. The quantitative estimate of drug-likeness (QED) is 0.154. The minimum atomic E-state index is 0.568. The highest BCUT2D eigenvalue weighted by Gasteiger charge is 2.19. The highest BCUT2D eigenvalue weighted by molar-refractivity contribution is 5.85. The van der Waals surface area contributed by atoms with E-state index in [2.05, 4.69) is 167 Å². The van der Waals surface area contributed by atoms with Gasteiger partial charge in [-0.15, -0.1) is 0 Å². The second kappa shape index (κ2) is 14.9. The maximum atomic E-state index is 5.22. The number of nitrogens with zero attached hydrogens (tertiary/aromatic N) is 7. The van der Waals surface area contributed by atoms with Crippen LogP contribution in [0.4, 0.5) is 0 Å². The predicted octanol–water partition coefficient (Wildman–Crippen LogP) is 12.6. The van der Waals surface area contributed by atoms with Crippen molar-refractivity contribution in [1.29, 1.82) is 0 Å². The number of fused-ring (bicyclic) bond motifs is 2. The molecule has 11 rings (SSSR count). The highest BCUT2D eigenvalue weighted by Crippen LogP contribution is 2.34. The third-order valence-electron chi connectivity index (χ3n) is 10.8. The Labute approximate surface area is 346 Å². The second-order valence-electron chi connectivity index (χ2n) is 14.6. The van der Waals surface area contributed by atoms with Crippen LogP contribution in [-0.4, -0.2) is 34.1 Å². The van der Waals surface area contributed by atoms with Crippen molar-refractivity contribution in [2.24, 2.45) is 0 Å². The van der Waals surface area contributed by atoms with E-state index in [1.54, 1.807) is 0 Å². The van der Waals surface area contributed by atoms with Gasteiger partial charge >= 0.3 is 0 Å². The van der Waals surface area contributed by atoms with Gasteiger partial charge < -0.3 is 0 Å². The fraction of sp³-hybridized carbons (Fsp3) is 0. The molecule has 0 saturated carbocycles. The zero-order chi connectivity index (χ0) is 39.8. The summed E-state index contributed by atoms with van der Waals surface area (Å²) >= 11 is 0. The standard InChI is InChI=1S/C53H35N7/c1-4-16-36(17-5-1)37-30-32-38(33-31-37)49-56-50(41-22-14-24-43(34-41)59-47-28-12-10-26-45(47)54-52(59)39-18-6-2-7-19-39)58-51(57-49)42-23-15-25-44(35-42)60-48-29-13-11-27-46(48)55-53(60)40-20-8-3-9-21-40/h1-35H. The average molecular weight is 770 g/mol. The SMILES string of the molecule is c1ccc(-c2ccc(-c3nc(-c4cccc(-n5c(-c6ccccc6)nc6ccccc65)c4)nc(-c4cccc(-n5c(-c6ccccc6)nc6ccccc65)c4)n3)cc2)cc1. The molecule has 7 nitrogen and oxygen atoms in total. The van der Waals surface area contributed by atoms with Crippen molar-refractivity contribution in [3.05, 3.63) is 212 Å². The Morgan fingerprint density at radius 3 is 1.07 bits per heavy atom. The Morgan fingerprint density at radius 1 is 0.250 bits per heavy atom. The van der Waals surface area contributed by atoms with Crippen molar-refractivity contribution < 1.29 is 0 Å². The zero-order valence-corrected chi connectivity index (χ0v) is 32.3. The third-order valence-corrected chi connectivity index (χ3v) is 10.8. The number of rotatable bonds is 8. The predicted molar refractivity (Wildman–Crippen MR) is 242 cm³/mol. The smallest absolute Gasteiger partial charge is 0.164 e. The second-order valence-corrected chi connectivity index (χ2v) is 14.6. The van der Waals surface area contributed by atoms with Gasteiger partial charge in [0.15, 0.2) is 17.5 Å². The molecule has 0 saturated heterocycles. The Bertz CT molecular complexity index is 3120. The molecule has 0 bridgehead atoms. The molecular weight excluding hydrogens is 735 g/mol. The molecule has 0 aliphatic carbocycles. The van der Waals surface area contributed by atoms with Crippen molar-refractivity contribution in [2.45, 2.75) is 0 Å². The summed E-state index contributed by atoms with van der Waals surface area (Å²) in [5, 5.41) is 0. The van der Waals surface area contributed by atoms with Gasteiger partial charge in [0.25, 0.3) is 0 Å². The molecular formula is C53H35N7. The molecule has 3 aromatic heterocycles. The van der Waals surface area contributed by atoms with Crippen molar-refractivity contribution in [2.75, 3.05) is 0 Å². The zero-order valence-electron chi connectivity index (χ0n) is 32.3. The van der Waals surface area contributed by atoms with Crippen LogP contribution in [0.15, 0.2) is 212 Å². The van der Waals surface area contributed by atoms with Gasteiger partial charge in [0.1, 0.15) is 11.6 Å². The molecule has 0 radical (unpaired) electrons. The van der Waals surface area contributed by atoms with Gasteiger partial charge in [-0.1, -0.05) is 164 Å². The Balaban J connectivity index is 1.08. The van der Waals surface area contributed by atoms with Crippen LogP contribution in [0.25, 0.3) is 102 Å². The fourth-order valence-electron chi connectivity index (χ4n) is 7.91. The minimum Gasteiger partial charge on any atom is -0.292 e. The molecule has 0 atom stereocenters. The fourth-order valence-corrected chi connectivity index (χ4v) is 7.91. The molecule has 0 unspecified atom stereocenters. The Hall–Kier alpha value is -8.29. The average Bonchev–Trinajstić information content (AvgIpc) is 3.92. The number of hydrogen-bond donors (Lipinski definition) is 0. The van der Waals surface area contributed by atoms with Crippen LogP contribution in [0.3, 0.4) is 0 Å². The Kier molecular flexibility index (Phi) is 8.67. The molecule has 0 aliphatic heterocycles. The lowest BCUT2D eigenvalue weighted by atomic mass is 10.0. The first-order valence-corrected chi connectivity index (χ1v) is 19.9. The molecule has 0 fully saturated rings. The van der Waals surface area contributed by atoms with E-state index in [0.717, 1.165) is 84.0 Å². The lowest BCUT2D eigenvalue weighted by Gasteiger charge is -2.13. The molecule has 0 N–H and O–H groups in total. The molecule has 0 spiro atoms. The lowest BCUT2D eigenvalue weighted by Crippen LogP contribution is -2.03. The summed E-state index contributed by atoms with van der Waals surface area (Å²) in [6.07, 6.45) is 0. The molecule has 0 aliphatic rings. The van der Waals surface area contributed by atoms with E-state index in [1.807, 2.05) is 54.6 Å². The van der Waals surface area contributed by atoms with Gasteiger partial charge in [-0.3, -0.25) is 9.13 Å². The summed E-state index contributed by atoms with van der Waals surface area (Å²) in [6.45, 7) is 0. The largest absolute Gasteiger partial charge is 0.292 e. The van der Waals surface area contributed by atoms with E-state index in [1.165, 1.54) is 0 Å². The number of hydrogen-bond acceptors (Lipinski definition) is 5. The molecule has 11 aromatic rings. The summed E-state index contributed by atoms with van der Waals surface area (Å²) < 4.78 is 4.42. The van der Waals surface area contributed by atoms with Gasteiger partial charge in [0.2, 0.25) is 0 Å². The first-order valence-electron chi connectivity index (χ1n) is 19.9. The molecule has 60 heavy (non-hydrogen) atoms. The first-order chi connectivity index (χ1) is 29.7. The first kappa shape index (κ1) is 34.9. The number of para-hydroxylation sites is 4. The lowest BCUT2D eigenvalue weighted by molar-refractivity contribution is 1.06. The molecule has 3 heterocycles. The summed E-state index contributed by atoms with van der Waals surface area (Å²) in [5.41, 5.74) is 12.7. The molecule has 8 aromatic carbocycles. The van der Waals surface area contributed by atoms with Crippen LogP contribution in [0.1, 0.15) is 0 Å². The molecule has 7 heteroatoms. The van der Waals surface area contributed by atoms with E-state index in [9.17, 15) is 0 Å². The van der Waals surface area contributed by atoms with E-state index < -0.39 is 0 Å². The topological polar surface area (TPSA) is 74.3 Å². The highest BCUT2D eigenvalue weighted by atomic mass is 15.1. The maximum absolute atomic E-state index is 5.22. The molecule has 282 valence electrons. The van der Waals surface area contributed by atoms with Crippen molar-refractivity contribution in [1.82, 2.24) is 34.1 Å². The summed E-state index contributed by atoms with van der Waals surface area (Å²) in [4.78, 5) is 25.7. The summed E-state index contributed by atoms with van der Waals surface area (Å²) in [5.74, 6) is 3.45. The van der Waals surface area contributed by atoms with Gasteiger partial charge in [0, 0.05) is 39.2 Å². The van der Waals surface area contributed by atoms with Crippen LogP contribution in [0.5, 0.6) is 0 Å². The van der Waals surface area contributed by atoms with E-state index in [0.29, 0.717) is 17.5 Å².